The third-order valence-electron chi connectivity index (χ3n) is 3.28. The predicted octanol–water partition coefficient (Wildman–Crippen LogP) is 4.04. The molecule has 17 heavy (non-hydrogen) atoms. The van der Waals surface area contributed by atoms with Crippen LogP contribution in [0.4, 0.5) is 4.39 Å². The minimum Gasteiger partial charge on any atom is -0.299 e. The van der Waals surface area contributed by atoms with E-state index in [2.05, 4.69) is 20.8 Å². The summed E-state index contributed by atoms with van der Waals surface area (Å²) in [5, 5.41) is 0. The molecule has 0 radical (unpaired) electrons. The van der Waals surface area contributed by atoms with Gasteiger partial charge in [-0.05, 0) is 58.9 Å². The average Bonchev–Trinajstić information content (AvgIpc) is 2.72. The Bertz CT molecular complexity index is 386. The molecule has 2 rings (SSSR count). The monoisotopic (exact) mass is 319 g/mol. The molecule has 1 aromatic carbocycles. The highest BCUT2D eigenvalue weighted by atomic mass is 79.9. The zero-order valence-electron chi connectivity index (χ0n) is 9.63. The Hall–Kier alpha value is -0.120. The van der Waals surface area contributed by atoms with Gasteiger partial charge in [0, 0.05) is 19.0 Å². The summed E-state index contributed by atoms with van der Waals surface area (Å²) in [5.41, 5.74) is 1.16. The minimum atomic E-state index is -0.199. The number of rotatable bonds is 4. The lowest BCUT2D eigenvalue weighted by atomic mass is 10.1. The maximum atomic E-state index is 13.1. The van der Waals surface area contributed by atoms with E-state index in [1.165, 1.54) is 12.5 Å². The summed E-state index contributed by atoms with van der Waals surface area (Å²) in [6, 6.07) is 5.24. The van der Waals surface area contributed by atoms with Crippen molar-refractivity contribution in [3.05, 3.63) is 34.1 Å². The predicted molar refractivity (Wildman–Crippen MR) is 72.8 cm³/mol. The minimum absolute atomic E-state index is 0.199. The fourth-order valence-electron chi connectivity index (χ4n) is 2.34. The third-order valence-corrected chi connectivity index (χ3v) is 4.10. The largest absolute Gasteiger partial charge is 0.299 e. The van der Waals surface area contributed by atoms with Gasteiger partial charge in [-0.1, -0.05) is 6.07 Å². The second-order valence-electron chi connectivity index (χ2n) is 4.62. The van der Waals surface area contributed by atoms with Gasteiger partial charge >= 0.3 is 0 Å². The van der Waals surface area contributed by atoms with Crippen LogP contribution in [0, 0.1) is 11.7 Å². The van der Waals surface area contributed by atoms with E-state index in [1.807, 2.05) is 12.1 Å². The summed E-state index contributed by atoms with van der Waals surface area (Å²) in [4.78, 5) is 2.41. The molecular formula is C13H16BrClFN. The van der Waals surface area contributed by atoms with Gasteiger partial charge in [0.2, 0.25) is 0 Å². The molecule has 1 heterocycles. The Kier molecular flexibility index (Phi) is 4.83. The zero-order valence-corrected chi connectivity index (χ0v) is 12.0. The Morgan fingerprint density at radius 1 is 1.47 bits per heavy atom. The lowest BCUT2D eigenvalue weighted by molar-refractivity contribution is 0.315. The summed E-state index contributed by atoms with van der Waals surface area (Å²) in [6.45, 7) is 3.13. The van der Waals surface area contributed by atoms with Crippen molar-refractivity contribution in [2.24, 2.45) is 5.92 Å². The molecule has 0 amide bonds. The first-order valence-corrected chi connectivity index (χ1v) is 7.24. The summed E-state index contributed by atoms with van der Waals surface area (Å²) in [5.74, 6) is 1.28. The molecule has 1 aromatic rings. The third kappa shape index (κ3) is 3.67. The van der Waals surface area contributed by atoms with Crippen molar-refractivity contribution >= 4 is 27.5 Å². The second kappa shape index (κ2) is 6.17. The van der Waals surface area contributed by atoms with Gasteiger partial charge in [-0.25, -0.2) is 4.39 Å². The molecule has 0 spiro atoms. The van der Waals surface area contributed by atoms with Crippen LogP contribution in [0.15, 0.2) is 22.7 Å². The quantitative estimate of drug-likeness (QED) is 0.757. The molecule has 1 fully saturated rings. The fourth-order valence-corrected chi connectivity index (χ4v) is 3.08. The molecule has 0 bridgehead atoms. The van der Waals surface area contributed by atoms with E-state index in [0.29, 0.717) is 4.47 Å². The van der Waals surface area contributed by atoms with E-state index in [1.54, 1.807) is 0 Å². The van der Waals surface area contributed by atoms with Crippen LogP contribution in [0.2, 0.25) is 0 Å². The SMILES string of the molecule is Fc1ccc(CN2CCC(CCCl)C2)cc1Br. The molecule has 0 aromatic heterocycles. The number of benzene rings is 1. The Morgan fingerprint density at radius 2 is 2.29 bits per heavy atom. The van der Waals surface area contributed by atoms with Crippen LogP contribution < -0.4 is 0 Å². The fraction of sp³-hybridized carbons (Fsp3) is 0.538. The van der Waals surface area contributed by atoms with Crippen molar-refractivity contribution in [2.45, 2.75) is 19.4 Å². The Labute approximate surface area is 115 Å². The molecule has 4 heteroatoms. The second-order valence-corrected chi connectivity index (χ2v) is 5.85. The van der Waals surface area contributed by atoms with Crippen LogP contribution in [-0.4, -0.2) is 23.9 Å². The van der Waals surface area contributed by atoms with E-state index in [4.69, 9.17) is 11.6 Å². The van der Waals surface area contributed by atoms with E-state index >= 15 is 0 Å². The van der Waals surface area contributed by atoms with E-state index < -0.39 is 0 Å². The van der Waals surface area contributed by atoms with Crippen molar-refractivity contribution in [2.75, 3.05) is 19.0 Å². The van der Waals surface area contributed by atoms with Gasteiger partial charge in [-0.2, -0.15) is 0 Å². The highest BCUT2D eigenvalue weighted by molar-refractivity contribution is 9.10. The van der Waals surface area contributed by atoms with Crippen LogP contribution in [-0.2, 0) is 6.54 Å². The average molecular weight is 321 g/mol. The van der Waals surface area contributed by atoms with E-state index in [-0.39, 0.29) is 5.82 Å². The zero-order chi connectivity index (χ0) is 12.3. The van der Waals surface area contributed by atoms with Gasteiger partial charge in [-0.15, -0.1) is 11.6 Å². The molecule has 1 aliphatic rings. The summed E-state index contributed by atoms with van der Waals surface area (Å²) in [7, 11) is 0. The van der Waals surface area contributed by atoms with E-state index in [9.17, 15) is 4.39 Å². The molecular weight excluding hydrogens is 305 g/mol. The van der Waals surface area contributed by atoms with Gasteiger partial charge in [0.25, 0.3) is 0 Å². The molecule has 1 atom stereocenters. The lowest BCUT2D eigenvalue weighted by Gasteiger charge is -2.16. The Balaban J connectivity index is 1.91. The van der Waals surface area contributed by atoms with Crippen molar-refractivity contribution in [3.8, 4) is 0 Å². The van der Waals surface area contributed by atoms with Crippen molar-refractivity contribution in [1.29, 1.82) is 0 Å². The molecule has 1 saturated heterocycles. The summed E-state index contributed by atoms with van der Waals surface area (Å²) >= 11 is 8.98. The topological polar surface area (TPSA) is 3.24 Å². The number of hydrogen-bond donors (Lipinski definition) is 0. The van der Waals surface area contributed by atoms with Crippen molar-refractivity contribution < 1.29 is 4.39 Å². The van der Waals surface area contributed by atoms with Crippen LogP contribution in [0.1, 0.15) is 18.4 Å². The molecule has 94 valence electrons. The standard InChI is InChI=1S/C13H16BrClFN/c14-12-7-11(1-2-13(12)16)9-17-6-4-10(8-17)3-5-15/h1-2,7,10H,3-6,8-9H2. The maximum Gasteiger partial charge on any atom is 0.137 e. The Morgan fingerprint density at radius 3 is 3.00 bits per heavy atom. The van der Waals surface area contributed by atoms with Crippen LogP contribution in [0.5, 0.6) is 0 Å². The van der Waals surface area contributed by atoms with Crippen molar-refractivity contribution in [3.63, 3.8) is 0 Å². The first-order valence-electron chi connectivity index (χ1n) is 5.91. The summed E-state index contributed by atoms with van der Waals surface area (Å²) in [6.07, 6.45) is 2.33. The smallest absolute Gasteiger partial charge is 0.137 e. The molecule has 1 nitrogen and oxygen atoms in total. The first kappa shape index (κ1) is 13.3. The van der Waals surface area contributed by atoms with Gasteiger partial charge in [0.1, 0.15) is 5.82 Å². The molecule has 0 N–H and O–H groups in total. The van der Waals surface area contributed by atoms with Gasteiger partial charge in [-0.3, -0.25) is 4.90 Å². The highest BCUT2D eigenvalue weighted by Gasteiger charge is 2.21. The van der Waals surface area contributed by atoms with E-state index in [0.717, 1.165) is 43.4 Å². The van der Waals surface area contributed by atoms with Crippen molar-refractivity contribution in [1.82, 2.24) is 4.90 Å². The molecule has 1 unspecified atom stereocenters. The van der Waals surface area contributed by atoms with Gasteiger partial charge < -0.3 is 0 Å². The lowest BCUT2D eigenvalue weighted by Crippen LogP contribution is -2.20. The number of halogens is 3. The normalized spacial score (nSPS) is 21.0. The highest BCUT2D eigenvalue weighted by Crippen LogP contribution is 2.23. The first-order chi connectivity index (χ1) is 8.19. The molecule has 0 aliphatic carbocycles. The maximum absolute atomic E-state index is 13.1. The summed E-state index contributed by atoms with van der Waals surface area (Å²) < 4.78 is 13.6. The number of likely N-dealkylation sites (tertiary alicyclic amines) is 1. The van der Waals surface area contributed by atoms with Crippen LogP contribution >= 0.6 is 27.5 Å². The number of hydrogen-bond acceptors (Lipinski definition) is 1. The van der Waals surface area contributed by atoms with Gasteiger partial charge in [0.05, 0.1) is 4.47 Å². The molecule has 1 aliphatic heterocycles. The van der Waals surface area contributed by atoms with Gasteiger partial charge in [0.15, 0.2) is 0 Å². The molecule has 0 saturated carbocycles. The number of alkyl halides is 1. The van der Waals surface area contributed by atoms with Crippen LogP contribution in [0.25, 0.3) is 0 Å². The number of nitrogens with zero attached hydrogens (tertiary/aromatic N) is 1. The van der Waals surface area contributed by atoms with Crippen LogP contribution in [0.3, 0.4) is 0 Å².